The molecule has 1 atom stereocenters. The molecule has 0 aliphatic rings. The molecule has 5 heteroatoms. The Morgan fingerprint density at radius 1 is 1.10 bits per heavy atom. The lowest BCUT2D eigenvalue weighted by molar-refractivity contribution is -0.139. The van der Waals surface area contributed by atoms with Crippen LogP contribution in [0.5, 0.6) is 0 Å². The molecule has 0 amide bonds. The van der Waals surface area contributed by atoms with Crippen LogP contribution in [-0.4, -0.2) is 11.1 Å². The van der Waals surface area contributed by atoms with Crippen LogP contribution in [-0.2, 0) is 11.3 Å². The average Bonchev–Trinajstić information content (AvgIpc) is 2.42. The Morgan fingerprint density at radius 3 is 2.25 bits per heavy atom. The maximum Gasteiger partial charge on any atom is 0.325 e. The highest BCUT2D eigenvalue weighted by Gasteiger charge is 2.18. The van der Waals surface area contributed by atoms with E-state index in [4.69, 9.17) is 0 Å². The van der Waals surface area contributed by atoms with E-state index >= 15 is 0 Å². The standard InChI is InChI=1S/C15H14FNO2.ClH/c16-13-8-6-11(7-9-13)10-17-14(15(18)19)12-4-2-1-3-5-12;/h1-9,14,17H,10H2,(H,18,19);1H. The molecule has 0 aliphatic heterocycles. The molecule has 2 aromatic carbocycles. The minimum absolute atomic E-state index is 0. The predicted octanol–water partition coefficient (Wildman–Crippen LogP) is 3.16. The molecule has 106 valence electrons. The second-order valence-electron chi connectivity index (χ2n) is 4.19. The number of nitrogens with one attached hydrogen (secondary N) is 1. The van der Waals surface area contributed by atoms with Gasteiger partial charge in [-0.3, -0.25) is 10.1 Å². The number of benzene rings is 2. The van der Waals surface area contributed by atoms with Gasteiger partial charge in [0.1, 0.15) is 11.9 Å². The topological polar surface area (TPSA) is 49.3 Å². The van der Waals surface area contributed by atoms with E-state index in [2.05, 4.69) is 5.32 Å². The third-order valence-corrected chi connectivity index (χ3v) is 2.80. The van der Waals surface area contributed by atoms with Crippen LogP contribution in [0.2, 0.25) is 0 Å². The summed E-state index contributed by atoms with van der Waals surface area (Å²) in [5.41, 5.74) is 1.53. The number of hydrogen-bond donors (Lipinski definition) is 2. The van der Waals surface area contributed by atoms with Crippen molar-refractivity contribution in [1.82, 2.24) is 5.32 Å². The van der Waals surface area contributed by atoms with Crippen molar-refractivity contribution >= 4 is 18.4 Å². The van der Waals surface area contributed by atoms with E-state index in [0.717, 1.165) is 5.56 Å². The first-order chi connectivity index (χ1) is 9.16. The van der Waals surface area contributed by atoms with Crippen LogP contribution < -0.4 is 5.32 Å². The monoisotopic (exact) mass is 295 g/mol. The summed E-state index contributed by atoms with van der Waals surface area (Å²) in [6.45, 7) is 0.367. The van der Waals surface area contributed by atoms with Crippen LogP contribution in [0.3, 0.4) is 0 Å². The zero-order valence-corrected chi connectivity index (χ0v) is 11.4. The lowest BCUT2D eigenvalue weighted by Gasteiger charge is -2.14. The first kappa shape index (κ1) is 16.1. The third-order valence-electron chi connectivity index (χ3n) is 2.80. The first-order valence-corrected chi connectivity index (χ1v) is 5.92. The van der Waals surface area contributed by atoms with E-state index in [1.54, 1.807) is 36.4 Å². The average molecular weight is 296 g/mol. The van der Waals surface area contributed by atoms with E-state index in [1.165, 1.54) is 12.1 Å². The highest BCUT2D eigenvalue weighted by molar-refractivity contribution is 5.85. The highest BCUT2D eigenvalue weighted by atomic mass is 35.5. The summed E-state index contributed by atoms with van der Waals surface area (Å²) in [6, 6.07) is 14.2. The van der Waals surface area contributed by atoms with Gasteiger partial charge in [0.15, 0.2) is 0 Å². The first-order valence-electron chi connectivity index (χ1n) is 5.92. The van der Waals surface area contributed by atoms with Gasteiger partial charge in [0.05, 0.1) is 0 Å². The van der Waals surface area contributed by atoms with Gasteiger partial charge >= 0.3 is 5.97 Å². The maximum atomic E-state index is 12.8. The minimum atomic E-state index is -0.937. The van der Waals surface area contributed by atoms with Gasteiger partial charge in [0, 0.05) is 6.54 Å². The van der Waals surface area contributed by atoms with Crippen LogP contribution in [0.15, 0.2) is 54.6 Å². The zero-order chi connectivity index (χ0) is 13.7. The Kier molecular flexibility index (Phi) is 6.15. The van der Waals surface area contributed by atoms with E-state index in [-0.39, 0.29) is 18.2 Å². The van der Waals surface area contributed by atoms with Crippen molar-refractivity contribution in [3.8, 4) is 0 Å². The smallest absolute Gasteiger partial charge is 0.325 e. The fraction of sp³-hybridized carbons (Fsp3) is 0.133. The van der Waals surface area contributed by atoms with Gasteiger partial charge in [0.2, 0.25) is 0 Å². The maximum absolute atomic E-state index is 12.8. The fourth-order valence-electron chi connectivity index (χ4n) is 1.82. The number of aliphatic carboxylic acids is 1. The van der Waals surface area contributed by atoms with Gasteiger partial charge in [-0.2, -0.15) is 0 Å². The van der Waals surface area contributed by atoms with Crippen LogP contribution in [0.4, 0.5) is 4.39 Å². The zero-order valence-electron chi connectivity index (χ0n) is 10.6. The molecule has 0 radical (unpaired) electrons. The second-order valence-corrected chi connectivity index (χ2v) is 4.19. The van der Waals surface area contributed by atoms with Crippen LogP contribution in [0, 0.1) is 5.82 Å². The van der Waals surface area contributed by atoms with Gasteiger partial charge < -0.3 is 5.11 Å². The normalized spacial score (nSPS) is 11.4. The molecule has 2 aromatic rings. The number of carboxylic acid groups (broad SMARTS) is 1. The summed E-state index contributed by atoms with van der Waals surface area (Å²) in [6.07, 6.45) is 0. The lowest BCUT2D eigenvalue weighted by Crippen LogP contribution is -2.28. The molecule has 0 fully saturated rings. The largest absolute Gasteiger partial charge is 0.480 e. The number of halogens is 2. The van der Waals surface area contributed by atoms with E-state index < -0.39 is 12.0 Å². The number of carboxylic acids is 1. The van der Waals surface area contributed by atoms with Crippen molar-refractivity contribution in [3.05, 3.63) is 71.5 Å². The summed E-state index contributed by atoms with van der Waals surface area (Å²) < 4.78 is 12.8. The summed E-state index contributed by atoms with van der Waals surface area (Å²) in [4.78, 5) is 11.3. The van der Waals surface area contributed by atoms with E-state index in [1.807, 2.05) is 6.07 Å². The van der Waals surface area contributed by atoms with Gasteiger partial charge in [-0.1, -0.05) is 42.5 Å². The summed E-state index contributed by atoms with van der Waals surface area (Å²) >= 11 is 0. The predicted molar refractivity (Wildman–Crippen MR) is 77.3 cm³/mol. The van der Waals surface area contributed by atoms with E-state index in [0.29, 0.717) is 12.1 Å². The molecule has 20 heavy (non-hydrogen) atoms. The van der Waals surface area contributed by atoms with Gasteiger partial charge in [0.25, 0.3) is 0 Å². The Morgan fingerprint density at radius 2 is 1.70 bits per heavy atom. The molecule has 0 heterocycles. The third kappa shape index (κ3) is 4.33. The summed E-state index contributed by atoms with van der Waals surface area (Å²) in [7, 11) is 0. The molecule has 0 spiro atoms. The molecule has 2 N–H and O–H groups in total. The molecule has 0 bridgehead atoms. The van der Waals surface area contributed by atoms with Gasteiger partial charge in [-0.15, -0.1) is 12.4 Å². The van der Waals surface area contributed by atoms with Crippen LogP contribution in [0.1, 0.15) is 17.2 Å². The Labute approximate surface area is 122 Å². The Bertz CT molecular complexity index is 546. The van der Waals surface area contributed by atoms with Crippen molar-refractivity contribution in [2.24, 2.45) is 0 Å². The number of rotatable bonds is 5. The molecular weight excluding hydrogens is 281 g/mol. The van der Waals surface area contributed by atoms with Crippen molar-refractivity contribution in [1.29, 1.82) is 0 Å². The van der Waals surface area contributed by atoms with Gasteiger partial charge in [-0.25, -0.2) is 4.39 Å². The molecule has 0 aliphatic carbocycles. The molecule has 0 aromatic heterocycles. The summed E-state index contributed by atoms with van der Waals surface area (Å²) in [5.74, 6) is -1.24. The molecule has 1 unspecified atom stereocenters. The molecule has 3 nitrogen and oxygen atoms in total. The van der Waals surface area contributed by atoms with E-state index in [9.17, 15) is 14.3 Å². The SMILES string of the molecule is Cl.O=C(O)C(NCc1ccc(F)cc1)c1ccccc1. The van der Waals surface area contributed by atoms with Gasteiger partial charge in [-0.05, 0) is 23.3 Å². The molecule has 0 saturated heterocycles. The second kappa shape index (κ2) is 7.62. The Hall–Kier alpha value is -1.91. The molecule has 0 saturated carbocycles. The highest BCUT2D eigenvalue weighted by Crippen LogP contribution is 2.14. The number of hydrogen-bond acceptors (Lipinski definition) is 2. The quantitative estimate of drug-likeness (QED) is 0.891. The molecular formula is C15H15ClFNO2. The van der Waals surface area contributed by atoms with Crippen molar-refractivity contribution in [3.63, 3.8) is 0 Å². The lowest BCUT2D eigenvalue weighted by atomic mass is 10.1. The number of carbonyl (C=O) groups is 1. The fourth-order valence-corrected chi connectivity index (χ4v) is 1.82. The molecule has 2 rings (SSSR count). The van der Waals surface area contributed by atoms with Crippen molar-refractivity contribution < 1.29 is 14.3 Å². The van der Waals surface area contributed by atoms with Crippen molar-refractivity contribution in [2.75, 3.05) is 0 Å². The van der Waals surface area contributed by atoms with Crippen LogP contribution in [0.25, 0.3) is 0 Å². The Balaban J connectivity index is 0.00000200. The minimum Gasteiger partial charge on any atom is -0.480 e. The van der Waals surface area contributed by atoms with Crippen molar-refractivity contribution in [2.45, 2.75) is 12.6 Å². The van der Waals surface area contributed by atoms with Crippen LogP contribution >= 0.6 is 12.4 Å². The summed E-state index contributed by atoms with van der Waals surface area (Å²) in [5, 5.41) is 12.2.